The van der Waals surface area contributed by atoms with E-state index < -0.39 is 0 Å². The summed E-state index contributed by atoms with van der Waals surface area (Å²) in [7, 11) is 4.03. The van der Waals surface area contributed by atoms with Crippen molar-refractivity contribution in [2.24, 2.45) is 11.7 Å². The van der Waals surface area contributed by atoms with Crippen molar-refractivity contribution >= 4 is 36.4 Å². The number of hydrogen-bond donors (Lipinski definition) is 2. The summed E-state index contributed by atoms with van der Waals surface area (Å²) in [5, 5.41) is 3.17. The zero-order chi connectivity index (χ0) is 18.5. The van der Waals surface area contributed by atoms with Crippen LogP contribution < -0.4 is 16.0 Å². The van der Waals surface area contributed by atoms with Gasteiger partial charge >= 0.3 is 0 Å². The molecule has 2 atom stereocenters. The number of rotatable bonds is 5. The number of hydrogen-bond acceptors (Lipinski definition) is 4. The number of nitrogens with one attached hydrogen (secondary N) is 1. The number of nitrogens with zero attached hydrogens (tertiary/aromatic N) is 2. The summed E-state index contributed by atoms with van der Waals surface area (Å²) >= 11 is 0. The number of anilines is 1. The van der Waals surface area contributed by atoms with Crippen LogP contribution in [0.5, 0.6) is 0 Å². The smallest absolute Gasteiger partial charge is 0.253 e. The Hall–Kier alpha value is -1.82. The third-order valence-corrected chi connectivity index (χ3v) is 5.25. The molecule has 0 bridgehead atoms. The molecule has 0 radical (unpaired) electrons. The second-order valence-corrected chi connectivity index (χ2v) is 7.26. The monoisotopic (exact) mass is 424 g/mol. The predicted octanol–water partition coefficient (Wildman–Crippen LogP) is 3.91. The molecule has 2 unspecified atom stereocenters. The van der Waals surface area contributed by atoms with E-state index >= 15 is 0 Å². The molecule has 1 heterocycles. The summed E-state index contributed by atoms with van der Waals surface area (Å²) in [6.07, 6.45) is 7.88. The van der Waals surface area contributed by atoms with E-state index in [4.69, 9.17) is 5.73 Å². The highest BCUT2D eigenvalue weighted by molar-refractivity contribution is 5.95. The lowest BCUT2D eigenvalue weighted by molar-refractivity contribution is 0.0907. The second-order valence-electron chi connectivity index (χ2n) is 7.26. The van der Waals surface area contributed by atoms with Gasteiger partial charge in [0.15, 0.2) is 0 Å². The molecular weight excluding hydrogens is 395 g/mol. The maximum absolute atomic E-state index is 12.7. The van der Waals surface area contributed by atoms with Crippen LogP contribution in [0.25, 0.3) is 11.1 Å². The van der Waals surface area contributed by atoms with Crippen molar-refractivity contribution in [2.75, 3.05) is 25.5 Å². The fourth-order valence-electron chi connectivity index (χ4n) is 3.61. The first kappa shape index (κ1) is 24.2. The molecule has 1 aromatic heterocycles. The van der Waals surface area contributed by atoms with Crippen molar-refractivity contribution < 1.29 is 4.79 Å². The molecule has 2 aromatic rings. The number of aromatic nitrogens is 1. The van der Waals surface area contributed by atoms with Crippen molar-refractivity contribution in [1.29, 1.82) is 0 Å². The topological polar surface area (TPSA) is 71.2 Å². The quantitative estimate of drug-likeness (QED) is 0.762. The van der Waals surface area contributed by atoms with Gasteiger partial charge in [-0.25, -0.2) is 0 Å². The van der Waals surface area contributed by atoms with Crippen LogP contribution in [0, 0.1) is 5.92 Å². The van der Waals surface area contributed by atoms with Gasteiger partial charge in [-0.2, -0.15) is 0 Å². The number of nitrogens with two attached hydrogens (primary N) is 1. The molecule has 1 aliphatic carbocycles. The van der Waals surface area contributed by atoms with Crippen molar-refractivity contribution in [3.05, 3.63) is 48.3 Å². The molecule has 1 amide bonds. The van der Waals surface area contributed by atoms with Gasteiger partial charge in [-0.1, -0.05) is 25.0 Å². The summed E-state index contributed by atoms with van der Waals surface area (Å²) in [6.45, 7) is 0.626. The summed E-state index contributed by atoms with van der Waals surface area (Å²) in [4.78, 5) is 19.0. The SMILES string of the molecule is CN(C)c1ccc(-c2cncc(C(=O)NC3CCCCC3CN)c2)cc1.Cl.Cl. The van der Waals surface area contributed by atoms with E-state index in [1.807, 2.05) is 20.2 Å². The van der Waals surface area contributed by atoms with Gasteiger partial charge in [-0.15, -0.1) is 24.8 Å². The fourth-order valence-corrected chi connectivity index (χ4v) is 3.61. The van der Waals surface area contributed by atoms with Gasteiger partial charge in [-0.05, 0) is 49.1 Å². The molecule has 154 valence electrons. The molecular formula is C21H30Cl2N4O. The first-order valence-electron chi connectivity index (χ1n) is 9.32. The Bertz CT molecular complexity index is 752. The van der Waals surface area contributed by atoms with Gasteiger partial charge in [0.1, 0.15) is 0 Å². The molecule has 28 heavy (non-hydrogen) atoms. The Morgan fingerprint density at radius 3 is 2.43 bits per heavy atom. The summed E-state index contributed by atoms with van der Waals surface area (Å²) in [6, 6.07) is 10.3. The van der Waals surface area contributed by atoms with Gasteiger partial charge in [-0.3, -0.25) is 9.78 Å². The van der Waals surface area contributed by atoms with Crippen LogP contribution in [0.2, 0.25) is 0 Å². The number of halogens is 2. The normalized spacial score (nSPS) is 18.4. The maximum atomic E-state index is 12.7. The number of amides is 1. The van der Waals surface area contributed by atoms with E-state index in [-0.39, 0.29) is 36.8 Å². The van der Waals surface area contributed by atoms with E-state index in [0.29, 0.717) is 18.0 Å². The van der Waals surface area contributed by atoms with Gasteiger partial charge in [0.25, 0.3) is 5.91 Å². The molecule has 1 aliphatic rings. The van der Waals surface area contributed by atoms with Crippen LogP contribution in [0.4, 0.5) is 5.69 Å². The fraction of sp³-hybridized carbons (Fsp3) is 0.429. The zero-order valence-electron chi connectivity index (χ0n) is 16.4. The van der Waals surface area contributed by atoms with Crippen LogP contribution in [0.1, 0.15) is 36.0 Å². The van der Waals surface area contributed by atoms with E-state index in [1.54, 1.807) is 12.4 Å². The average Bonchev–Trinajstić information content (AvgIpc) is 2.68. The molecule has 0 spiro atoms. The molecule has 3 N–H and O–H groups in total. The van der Waals surface area contributed by atoms with Gasteiger partial charge in [0, 0.05) is 43.8 Å². The molecule has 5 nitrogen and oxygen atoms in total. The number of pyridine rings is 1. The molecule has 1 aromatic carbocycles. The molecule has 0 aliphatic heterocycles. The molecule has 3 rings (SSSR count). The lowest BCUT2D eigenvalue weighted by Gasteiger charge is -2.31. The number of carbonyl (C=O) groups excluding carboxylic acids is 1. The van der Waals surface area contributed by atoms with E-state index in [2.05, 4.69) is 39.5 Å². The Morgan fingerprint density at radius 2 is 1.79 bits per heavy atom. The molecule has 0 saturated heterocycles. The van der Waals surface area contributed by atoms with Crippen LogP contribution in [-0.2, 0) is 0 Å². The Balaban J connectivity index is 0.00000196. The number of carbonyl (C=O) groups is 1. The van der Waals surface area contributed by atoms with Crippen molar-refractivity contribution in [2.45, 2.75) is 31.7 Å². The summed E-state index contributed by atoms with van der Waals surface area (Å²) < 4.78 is 0. The van der Waals surface area contributed by atoms with Gasteiger partial charge in [0.05, 0.1) is 5.56 Å². The summed E-state index contributed by atoms with van der Waals surface area (Å²) in [5.41, 5.74) is 9.61. The van der Waals surface area contributed by atoms with Crippen molar-refractivity contribution in [3.8, 4) is 11.1 Å². The molecule has 1 fully saturated rings. The Morgan fingerprint density at radius 1 is 1.11 bits per heavy atom. The third-order valence-electron chi connectivity index (χ3n) is 5.25. The standard InChI is InChI=1S/C21H28N4O.2ClH/c1-25(2)19-9-7-15(8-10-19)17-11-18(14-23-13-17)21(26)24-20-6-4-3-5-16(20)12-22;;/h7-11,13-14,16,20H,3-6,12,22H2,1-2H3,(H,24,26);2*1H. The van der Waals surface area contributed by atoms with Gasteiger partial charge < -0.3 is 16.0 Å². The van der Waals surface area contributed by atoms with Crippen molar-refractivity contribution in [3.63, 3.8) is 0 Å². The van der Waals surface area contributed by atoms with Crippen LogP contribution in [0.15, 0.2) is 42.7 Å². The average molecular weight is 425 g/mol. The third kappa shape index (κ3) is 5.84. The van der Waals surface area contributed by atoms with Crippen LogP contribution in [-0.4, -0.2) is 37.6 Å². The first-order chi connectivity index (χ1) is 12.6. The highest BCUT2D eigenvalue weighted by atomic mass is 35.5. The minimum absolute atomic E-state index is 0. The summed E-state index contributed by atoms with van der Waals surface area (Å²) in [5.74, 6) is 0.317. The highest BCUT2D eigenvalue weighted by Gasteiger charge is 2.25. The second kappa shape index (κ2) is 11.2. The zero-order valence-corrected chi connectivity index (χ0v) is 18.1. The van der Waals surface area contributed by atoms with E-state index in [9.17, 15) is 4.79 Å². The molecule has 7 heteroatoms. The first-order valence-corrected chi connectivity index (χ1v) is 9.32. The van der Waals surface area contributed by atoms with E-state index in [0.717, 1.165) is 36.1 Å². The minimum Gasteiger partial charge on any atom is -0.378 e. The largest absolute Gasteiger partial charge is 0.378 e. The van der Waals surface area contributed by atoms with Crippen molar-refractivity contribution in [1.82, 2.24) is 10.3 Å². The minimum atomic E-state index is -0.0605. The Labute approximate surface area is 179 Å². The predicted molar refractivity (Wildman–Crippen MR) is 121 cm³/mol. The van der Waals surface area contributed by atoms with Crippen LogP contribution in [0.3, 0.4) is 0 Å². The lowest BCUT2D eigenvalue weighted by Crippen LogP contribution is -2.44. The lowest BCUT2D eigenvalue weighted by atomic mass is 9.84. The van der Waals surface area contributed by atoms with Gasteiger partial charge in [0.2, 0.25) is 0 Å². The Kier molecular flexibility index (Phi) is 9.73. The van der Waals surface area contributed by atoms with Crippen LogP contribution >= 0.6 is 24.8 Å². The van der Waals surface area contributed by atoms with E-state index in [1.165, 1.54) is 6.42 Å². The molecule has 1 saturated carbocycles. The maximum Gasteiger partial charge on any atom is 0.253 e. The number of benzene rings is 1. The highest BCUT2D eigenvalue weighted by Crippen LogP contribution is 2.25.